The molecular weight excluding hydrogens is 506 g/mol. The third-order valence-corrected chi connectivity index (χ3v) is 7.70. The van der Waals surface area contributed by atoms with Gasteiger partial charge >= 0.3 is 11.9 Å². The second-order valence-electron chi connectivity index (χ2n) is 9.72. The van der Waals surface area contributed by atoms with Crippen LogP contribution in [0, 0.1) is 5.41 Å². The molecule has 3 heterocycles. The number of carbonyl (C=O) groups excluding carboxylic acids is 4. The number of amides is 2. The van der Waals surface area contributed by atoms with E-state index in [1.807, 2.05) is 0 Å². The Kier molecular flexibility index (Phi) is 6.12. The lowest BCUT2D eigenvalue weighted by Crippen LogP contribution is -2.77. The Hall–Kier alpha value is -4.74. The summed E-state index contributed by atoms with van der Waals surface area (Å²) in [7, 11) is 3.93. The molecule has 1 fully saturated rings. The van der Waals surface area contributed by atoms with Gasteiger partial charge in [-0.2, -0.15) is 15.2 Å². The van der Waals surface area contributed by atoms with Crippen LogP contribution in [-0.2, 0) is 23.9 Å². The van der Waals surface area contributed by atoms with E-state index < -0.39 is 40.2 Å². The Morgan fingerprint density at radius 2 is 1.67 bits per heavy atom. The number of hydrogen-bond donors (Lipinski definition) is 1. The number of hydrazone groups is 2. The molecule has 0 aromatic heterocycles. The molecule has 0 saturated carbocycles. The van der Waals surface area contributed by atoms with Crippen LogP contribution in [0.2, 0.25) is 0 Å². The smallest absolute Gasteiger partial charge is 0.354 e. The molecule has 1 saturated heterocycles. The second kappa shape index (κ2) is 9.22. The van der Waals surface area contributed by atoms with Crippen LogP contribution >= 0.6 is 0 Å². The fraction of sp³-hybridized carbons (Fsp3) is 0.333. The van der Waals surface area contributed by atoms with Gasteiger partial charge in [0.05, 0.1) is 33.2 Å². The summed E-state index contributed by atoms with van der Waals surface area (Å²) in [5, 5.41) is 9.70. The minimum absolute atomic E-state index is 0.0121. The van der Waals surface area contributed by atoms with Crippen LogP contribution < -0.4 is 15.2 Å². The first-order chi connectivity index (χ1) is 18.7. The minimum atomic E-state index is -1.99. The molecule has 3 atom stereocenters. The number of esters is 2. The summed E-state index contributed by atoms with van der Waals surface area (Å²) in [6, 6.07) is 15.0. The normalized spacial score (nSPS) is 27.1. The number of benzene rings is 2. The van der Waals surface area contributed by atoms with E-state index in [-0.39, 0.29) is 18.7 Å². The van der Waals surface area contributed by atoms with Crippen LogP contribution in [0.15, 0.2) is 64.8 Å². The fourth-order valence-corrected chi connectivity index (χ4v) is 5.79. The maximum absolute atomic E-state index is 14.5. The Morgan fingerprint density at radius 3 is 2.28 bits per heavy atom. The van der Waals surface area contributed by atoms with Crippen molar-refractivity contribution in [3.05, 3.63) is 60.2 Å². The topological polar surface area (TPSA) is 139 Å². The van der Waals surface area contributed by atoms with Crippen molar-refractivity contribution in [2.24, 2.45) is 15.6 Å². The van der Waals surface area contributed by atoms with Crippen molar-refractivity contribution < 1.29 is 33.4 Å². The third kappa shape index (κ3) is 3.44. The summed E-state index contributed by atoms with van der Waals surface area (Å²) in [6.07, 6.45) is 1.21. The summed E-state index contributed by atoms with van der Waals surface area (Å²) in [5.41, 5.74) is -1.66. The van der Waals surface area contributed by atoms with Crippen LogP contribution in [0.25, 0.3) is 0 Å². The van der Waals surface area contributed by atoms with Crippen molar-refractivity contribution in [2.45, 2.75) is 24.4 Å². The highest BCUT2D eigenvalue weighted by Crippen LogP contribution is 2.56. The van der Waals surface area contributed by atoms with E-state index in [0.29, 0.717) is 17.0 Å². The molecular formula is C27H27N5O7. The van der Waals surface area contributed by atoms with Crippen molar-refractivity contribution in [1.29, 1.82) is 0 Å². The zero-order chi connectivity index (χ0) is 28.0. The van der Waals surface area contributed by atoms with Gasteiger partial charge in [-0.1, -0.05) is 25.1 Å². The molecule has 5 rings (SSSR count). The first kappa shape index (κ1) is 25.9. The van der Waals surface area contributed by atoms with Crippen molar-refractivity contribution in [1.82, 2.24) is 10.3 Å². The van der Waals surface area contributed by atoms with E-state index in [4.69, 9.17) is 14.2 Å². The average Bonchev–Trinajstić information content (AvgIpc) is 3.44. The van der Waals surface area contributed by atoms with Gasteiger partial charge in [-0.15, -0.1) is 0 Å². The largest absolute Gasteiger partial charge is 0.497 e. The number of ether oxygens (including phenoxy) is 3. The molecule has 0 bridgehead atoms. The maximum Gasteiger partial charge on any atom is 0.354 e. The van der Waals surface area contributed by atoms with Gasteiger partial charge in [-0.25, -0.2) is 9.59 Å². The van der Waals surface area contributed by atoms with Crippen molar-refractivity contribution >= 4 is 41.4 Å². The summed E-state index contributed by atoms with van der Waals surface area (Å²) in [5.74, 6) is -2.14. The van der Waals surface area contributed by atoms with E-state index >= 15 is 0 Å². The van der Waals surface area contributed by atoms with Crippen molar-refractivity contribution in [2.75, 3.05) is 32.9 Å². The van der Waals surface area contributed by atoms with E-state index in [0.717, 1.165) is 5.01 Å². The Labute approximate surface area is 224 Å². The Morgan fingerprint density at radius 1 is 0.974 bits per heavy atom. The lowest BCUT2D eigenvalue weighted by molar-refractivity contribution is -0.159. The van der Waals surface area contributed by atoms with Crippen LogP contribution in [0.3, 0.4) is 0 Å². The number of fused-ring (bicyclic) bond motifs is 2. The zero-order valence-corrected chi connectivity index (χ0v) is 21.8. The Bertz CT molecular complexity index is 1410. The monoisotopic (exact) mass is 533 g/mol. The molecule has 0 unspecified atom stereocenters. The van der Waals surface area contributed by atoms with Crippen LogP contribution in [0.4, 0.5) is 5.69 Å². The molecule has 0 radical (unpaired) electrons. The van der Waals surface area contributed by atoms with Gasteiger partial charge in [0, 0.05) is 23.9 Å². The number of carbonyl (C=O) groups is 4. The molecule has 3 aliphatic rings. The molecule has 2 amide bonds. The molecule has 12 nitrogen and oxygen atoms in total. The van der Waals surface area contributed by atoms with E-state index in [9.17, 15) is 19.2 Å². The van der Waals surface area contributed by atoms with Gasteiger partial charge < -0.3 is 19.1 Å². The number of nitrogens with zero attached hydrogens (tertiary/aromatic N) is 4. The number of likely N-dealkylation sites (tertiary alicyclic amines) is 1. The quantitative estimate of drug-likeness (QED) is 0.569. The lowest BCUT2D eigenvalue weighted by Gasteiger charge is -2.48. The van der Waals surface area contributed by atoms with Crippen LogP contribution in [0.1, 0.15) is 23.7 Å². The molecule has 1 N–H and O–H groups in total. The average molecular weight is 534 g/mol. The molecule has 2 aromatic carbocycles. The molecule has 202 valence electrons. The number of rotatable bonds is 5. The van der Waals surface area contributed by atoms with Crippen molar-refractivity contribution in [3.8, 4) is 5.75 Å². The van der Waals surface area contributed by atoms with E-state index in [1.165, 1.54) is 32.4 Å². The summed E-state index contributed by atoms with van der Waals surface area (Å²) >= 11 is 0. The summed E-state index contributed by atoms with van der Waals surface area (Å²) < 4.78 is 15.3. The molecule has 1 spiro atoms. The van der Waals surface area contributed by atoms with Gasteiger partial charge in [0.2, 0.25) is 0 Å². The van der Waals surface area contributed by atoms with Gasteiger partial charge in [-0.3, -0.25) is 15.0 Å². The van der Waals surface area contributed by atoms with Crippen molar-refractivity contribution in [3.63, 3.8) is 0 Å². The minimum Gasteiger partial charge on any atom is -0.497 e. The number of anilines is 1. The van der Waals surface area contributed by atoms with E-state index in [1.54, 1.807) is 61.5 Å². The van der Waals surface area contributed by atoms with Crippen LogP contribution in [0.5, 0.6) is 5.75 Å². The first-order valence-corrected chi connectivity index (χ1v) is 12.1. The van der Waals surface area contributed by atoms with Gasteiger partial charge in [-0.05, 0) is 36.4 Å². The maximum atomic E-state index is 14.5. The zero-order valence-electron chi connectivity index (χ0n) is 21.8. The Balaban J connectivity index is 1.72. The predicted octanol–water partition coefficient (Wildman–Crippen LogP) is 1.36. The first-order valence-electron chi connectivity index (χ1n) is 12.1. The fourth-order valence-electron chi connectivity index (χ4n) is 5.79. The van der Waals surface area contributed by atoms with Gasteiger partial charge in [0.15, 0.2) is 11.1 Å². The highest BCUT2D eigenvalue weighted by molar-refractivity contribution is 6.37. The number of hydrogen-bond acceptors (Lipinski definition) is 10. The SMILES string of the molecule is COC(=O)C1=NN[C@]2(C(=O)OC)[C@](C)(C1)CN(C(=O)c1ccccc1)[C@@]21C=NN(c2ccc(OC)cc2)C1=O. The third-order valence-electron chi connectivity index (χ3n) is 7.70. The highest BCUT2D eigenvalue weighted by atomic mass is 16.5. The number of methoxy groups -OCH3 is 3. The molecule has 0 aliphatic carbocycles. The lowest BCUT2D eigenvalue weighted by atomic mass is 9.61. The highest BCUT2D eigenvalue weighted by Gasteiger charge is 2.81. The second-order valence-corrected chi connectivity index (χ2v) is 9.72. The molecule has 12 heteroatoms. The van der Waals surface area contributed by atoms with E-state index in [2.05, 4.69) is 15.6 Å². The molecule has 2 aromatic rings. The standard InChI is InChI=1S/C27H27N5O7/c1-25-14-20(22(34)38-3)29-30-27(25,24(36)39-4)26(31(16-25)21(33)17-8-6-5-7-9-17)15-28-32(23(26)35)18-10-12-19(37-2)13-11-18/h5-13,15,30H,14,16H2,1-4H3/t25-,26-,27-/m1/s1. The number of nitrogens with one attached hydrogen (secondary N) is 1. The predicted molar refractivity (Wildman–Crippen MR) is 139 cm³/mol. The van der Waals surface area contributed by atoms with Gasteiger partial charge in [0.25, 0.3) is 11.8 Å². The summed E-state index contributed by atoms with van der Waals surface area (Å²) in [6.45, 7) is 1.60. The molecule has 39 heavy (non-hydrogen) atoms. The summed E-state index contributed by atoms with van der Waals surface area (Å²) in [4.78, 5) is 56.1. The van der Waals surface area contributed by atoms with Gasteiger partial charge in [0.1, 0.15) is 11.5 Å². The van der Waals surface area contributed by atoms with Crippen LogP contribution in [-0.4, -0.2) is 79.5 Å². The molecule has 3 aliphatic heterocycles.